The summed E-state index contributed by atoms with van der Waals surface area (Å²) in [5.41, 5.74) is 0.160. The van der Waals surface area contributed by atoms with Crippen LogP contribution in [0.25, 0.3) is 10.1 Å². The van der Waals surface area contributed by atoms with Gasteiger partial charge in [0.1, 0.15) is 4.88 Å². The third-order valence-electron chi connectivity index (χ3n) is 4.39. The van der Waals surface area contributed by atoms with Gasteiger partial charge in [0.05, 0.1) is 25.7 Å². The molecule has 0 saturated heterocycles. The molecular weight excluding hydrogens is 510 g/mol. The number of thiophene rings is 1. The maximum atomic E-state index is 12.9. The Morgan fingerprint density at radius 2 is 1.70 bits per heavy atom. The van der Waals surface area contributed by atoms with Crippen LogP contribution in [-0.4, -0.2) is 31.7 Å². The summed E-state index contributed by atoms with van der Waals surface area (Å²) in [6.07, 6.45) is 0. The van der Waals surface area contributed by atoms with Crippen LogP contribution < -0.4 is 5.32 Å². The van der Waals surface area contributed by atoms with Crippen LogP contribution in [0.1, 0.15) is 23.5 Å². The summed E-state index contributed by atoms with van der Waals surface area (Å²) >= 11 is 25.9. The maximum Gasteiger partial charge on any atom is 0.267 e. The van der Waals surface area contributed by atoms with E-state index < -0.39 is 15.9 Å². The first kappa shape index (κ1) is 23.6. The molecular formula is C19H16Cl4N2O3S2. The fourth-order valence-corrected chi connectivity index (χ4v) is 6.83. The molecule has 1 aromatic heterocycles. The zero-order valence-electron chi connectivity index (χ0n) is 15.8. The van der Waals surface area contributed by atoms with E-state index in [1.807, 2.05) is 0 Å². The quantitative estimate of drug-likeness (QED) is 0.385. The molecule has 5 nitrogen and oxygen atoms in total. The molecule has 1 amide bonds. The van der Waals surface area contributed by atoms with Gasteiger partial charge in [-0.2, -0.15) is 4.31 Å². The van der Waals surface area contributed by atoms with Gasteiger partial charge in [0, 0.05) is 28.2 Å². The zero-order chi connectivity index (χ0) is 22.2. The topological polar surface area (TPSA) is 66.5 Å². The van der Waals surface area contributed by atoms with E-state index in [1.165, 1.54) is 22.5 Å². The molecule has 0 radical (unpaired) electrons. The minimum Gasteiger partial charge on any atom is -0.320 e. The van der Waals surface area contributed by atoms with Gasteiger partial charge in [0.15, 0.2) is 0 Å². The Balaban J connectivity index is 1.99. The lowest BCUT2D eigenvalue weighted by Gasteiger charge is -2.19. The second-order valence-electron chi connectivity index (χ2n) is 6.19. The van der Waals surface area contributed by atoms with Gasteiger partial charge in [-0.1, -0.05) is 60.3 Å². The van der Waals surface area contributed by atoms with Crippen LogP contribution in [-0.2, 0) is 10.0 Å². The molecule has 30 heavy (non-hydrogen) atoms. The van der Waals surface area contributed by atoms with Gasteiger partial charge in [0.2, 0.25) is 10.0 Å². The SMILES string of the molecule is CCN(CC)S(=O)(=O)c1ccc(Cl)c(NC(=O)c2sc3cc(Cl)cc(Cl)c3c2Cl)c1. The Hall–Kier alpha value is -1.06. The van der Waals surface area contributed by atoms with Gasteiger partial charge in [-0.05, 0) is 30.3 Å². The van der Waals surface area contributed by atoms with Gasteiger partial charge >= 0.3 is 0 Å². The van der Waals surface area contributed by atoms with Crippen molar-refractivity contribution in [3.8, 4) is 0 Å². The lowest BCUT2D eigenvalue weighted by Crippen LogP contribution is -2.30. The molecule has 2 aromatic carbocycles. The van der Waals surface area contributed by atoms with Crippen molar-refractivity contribution in [2.45, 2.75) is 18.7 Å². The molecule has 0 fully saturated rings. The van der Waals surface area contributed by atoms with E-state index in [-0.39, 0.29) is 25.5 Å². The molecule has 1 N–H and O–H groups in total. The van der Waals surface area contributed by atoms with Gasteiger partial charge < -0.3 is 5.32 Å². The lowest BCUT2D eigenvalue weighted by molar-refractivity contribution is 0.103. The van der Waals surface area contributed by atoms with E-state index in [4.69, 9.17) is 46.4 Å². The summed E-state index contributed by atoms with van der Waals surface area (Å²) in [6, 6.07) is 7.38. The van der Waals surface area contributed by atoms with Crippen LogP contribution in [0.15, 0.2) is 35.2 Å². The number of rotatable bonds is 6. The number of amides is 1. The summed E-state index contributed by atoms with van der Waals surface area (Å²) in [4.78, 5) is 13.1. The number of halogens is 4. The van der Waals surface area contributed by atoms with Crippen molar-refractivity contribution in [3.05, 3.63) is 55.3 Å². The van der Waals surface area contributed by atoms with Crippen LogP contribution in [0.3, 0.4) is 0 Å². The molecule has 160 valence electrons. The highest BCUT2D eigenvalue weighted by Gasteiger charge is 2.24. The fourth-order valence-electron chi connectivity index (χ4n) is 2.91. The average molecular weight is 526 g/mol. The van der Waals surface area contributed by atoms with E-state index in [9.17, 15) is 13.2 Å². The fraction of sp³-hybridized carbons (Fsp3) is 0.211. The number of hydrogen-bond acceptors (Lipinski definition) is 4. The van der Waals surface area contributed by atoms with Crippen LogP contribution in [0.5, 0.6) is 0 Å². The smallest absolute Gasteiger partial charge is 0.267 e. The number of benzene rings is 2. The zero-order valence-corrected chi connectivity index (χ0v) is 20.5. The second-order valence-corrected chi connectivity index (χ2v) is 10.8. The van der Waals surface area contributed by atoms with Crippen molar-refractivity contribution >= 4 is 89.4 Å². The number of hydrogen-bond donors (Lipinski definition) is 1. The summed E-state index contributed by atoms with van der Waals surface area (Å²) in [6.45, 7) is 4.15. The summed E-state index contributed by atoms with van der Waals surface area (Å²) in [5, 5.41) is 4.32. The predicted octanol–water partition coefficient (Wildman–Crippen LogP) is 6.80. The summed E-state index contributed by atoms with van der Waals surface area (Å²) in [7, 11) is -3.71. The van der Waals surface area contributed by atoms with E-state index in [1.54, 1.807) is 26.0 Å². The molecule has 0 aliphatic rings. The largest absolute Gasteiger partial charge is 0.320 e. The van der Waals surface area contributed by atoms with Gasteiger partial charge in [-0.15, -0.1) is 11.3 Å². The number of carbonyl (C=O) groups is 1. The average Bonchev–Trinajstić information content (AvgIpc) is 3.00. The molecule has 3 rings (SSSR count). The van der Waals surface area contributed by atoms with Crippen LogP contribution in [0.2, 0.25) is 20.1 Å². The van der Waals surface area contributed by atoms with Crippen molar-refractivity contribution in [2.75, 3.05) is 18.4 Å². The maximum absolute atomic E-state index is 12.9. The van der Waals surface area contributed by atoms with Crippen LogP contribution >= 0.6 is 57.7 Å². The normalized spacial score (nSPS) is 12.0. The van der Waals surface area contributed by atoms with E-state index in [2.05, 4.69) is 5.32 Å². The highest BCUT2D eigenvalue weighted by Crippen LogP contribution is 2.41. The van der Waals surface area contributed by atoms with E-state index in [0.717, 1.165) is 11.3 Å². The number of sulfonamides is 1. The molecule has 0 saturated carbocycles. The molecule has 1 heterocycles. The van der Waals surface area contributed by atoms with E-state index >= 15 is 0 Å². The van der Waals surface area contributed by atoms with Crippen molar-refractivity contribution in [1.82, 2.24) is 4.31 Å². The molecule has 3 aromatic rings. The number of nitrogens with zero attached hydrogens (tertiary/aromatic N) is 1. The van der Waals surface area contributed by atoms with Crippen molar-refractivity contribution in [2.24, 2.45) is 0 Å². The third kappa shape index (κ3) is 4.43. The van der Waals surface area contributed by atoms with Crippen molar-refractivity contribution < 1.29 is 13.2 Å². The molecule has 0 aliphatic heterocycles. The molecule has 0 bridgehead atoms. The standard InChI is InChI=1S/C19H16Cl4N2O3S2/c1-3-25(4-2)30(27,28)11-5-6-12(21)14(9-11)24-19(26)18-17(23)16-13(22)7-10(20)8-15(16)29-18/h5-9H,3-4H2,1-2H3,(H,24,26). The lowest BCUT2D eigenvalue weighted by atomic mass is 10.2. The monoisotopic (exact) mass is 524 g/mol. The minimum absolute atomic E-state index is 0.0307. The summed E-state index contributed by atoms with van der Waals surface area (Å²) < 4.78 is 27.5. The summed E-state index contributed by atoms with van der Waals surface area (Å²) in [5.74, 6) is -0.535. The Morgan fingerprint density at radius 1 is 1.03 bits per heavy atom. The van der Waals surface area contributed by atoms with Crippen LogP contribution in [0, 0.1) is 0 Å². The first-order chi connectivity index (χ1) is 14.1. The van der Waals surface area contributed by atoms with Crippen molar-refractivity contribution in [1.29, 1.82) is 0 Å². The Bertz CT molecular complexity index is 1240. The number of carbonyl (C=O) groups excluding carboxylic acids is 1. The molecule has 0 atom stereocenters. The van der Waals surface area contributed by atoms with Gasteiger partial charge in [-0.3, -0.25) is 4.79 Å². The van der Waals surface area contributed by atoms with E-state index in [0.29, 0.717) is 33.2 Å². The Morgan fingerprint density at radius 3 is 2.33 bits per heavy atom. The molecule has 0 unspecified atom stereocenters. The number of fused-ring (bicyclic) bond motifs is 1. The van der Waals surface area contributed by atoms with Gasteiger partial charge in [-0.25, -0.2) is 8.42 Å². The highest BCUT2D eigenvalue weighted by molar-refractivity contribution is 7.89. The predicted molar refractivity (Wildman–Crippen MR) is 126 cm³/mol. The molecule has 11 heteroatoms. The third-order valence-corrected chi connectivity index (χ3v) is 8.90. The Labute approximate surface area is 198 Å². The van der Waals surface area contributed by atoms with Gasteiger partial charge in [0.25, 0.3) is 5.91 Å². The van der Waals surface area contributed by atoms with Crippen molar-refractivity contribution in [3.63, 3.8) is 0 Å². The van der Waals surface area contributed by atoms with Crippen LogP contribution in [0.4, 0.5) is 5.69 Å². The highest BCUT2D eigenvalue weighted by atomic mass is 35.5. The molecule has 0 aliphatic carbocycles. The molecule has 0 spiro atoms. The second kappa shape index (κ2) is 9.20. The first-order valence-electron chi connectivity index (χ1n) is 8.78. The Kier molecular flexibility index (Phi) is 7.24. The minimum atomic E-state index is -3.71. The number of anilines is 1. The first-order valence-corrected chi connectivity index (χ1v) is 12.5. The number of nitrogens with one attached hydrogen (secondary N) is 1.